The van der Waals surface area contributed by atoms with Crippen LogP contribution in [0.2, 0.25) is 0 Å². The van der Waals surface area contributed by atoms with Gasteiger partial charge in [0, 0.05) is 24.2 Å². The zero-order valence-corrected chi connectivity index (χ0v) is 10.3. The Labute approximate surface area is 99.6 Å². The van der Waals surface area contributed by atoms with Crippen molar-refractivity contribution in [3.05, 3.63) is 45.7 Å². The number of rotatable bonds is 4. The molecule has 0 unspecified atom stereocenters. The molecule has 4 heteroatoms. The molecule has 3 nitrogen and oxygen atoms in total. The lowest BCUT2D eigenvalue weighted by atomic mass is 10.3. The van der Waals surface area contributed by atoms with Crippen molar-refractivity contribution in [3.63, 3.8) is 0 Å². The van der Waals surface area contributed by atoms with Crippen molar-refractivity contribution in [1.82, 2.24) is 15.3 Å². The van der Waals surface area contributed by atoms with E-state index < -0.39 is 0 Å². The molecule has 0 amide bonds. The van der Waals surface area contributed by atoms with E-state index in [0.29, 0.717) is 0 Å². The molecule has 2 aromatic rings. The summed E-state index contributed by atoms with van der Waals surface area (Å²) >= 11 is 1.76. The largest absolute Gasteiger partial charge is 0.306 e. The molecule has 1 N–H and O–H groups in total. The number of thiazole rings is 1. The van der Waals surface area contributed by atoms with Gasteiger partial charge in [-0.2, -0.15) is 0 Å². The number of pyridine rings is 1. The van der Waals surface area contributed by atoms with Gasteiger partial charge in [-0.05, 0) is 26.0 Å². The molecule has 2 heterocycles. The topological polar surface area (TPSA) is 37.8 Å². The first kappa shape index (κ1) is 11.2. The minimum Gasteiger partial charge on any atom is -0.306 e. The lowest BCUT2D eigenvalue weighted by molar-refractivity contribution is 0.683. The standard InChI is InChI=1S/C12H15N3S/c1-9-12(16-10(2)15-9)8-13-7-11-5-3-4-6-14-11/h3-6,13H,7-8H2,1-2H3. The highest BCUT2D eigenvalue weighted by Gasteiger charge is 2.03. The summed E-state index contributed by atoms with van der Waals surface area (Å²) in [5.41, 5.74) is 2.21. The summed E-state index contributed by atoms with van der Waals surface area (Å²) in [4.78, 5) is 9.98. The van der Waals surface area contributed by atoms with Gasteiger partial charge in [0.05, 0.1) is 16.4 Å². The van der Waals surface area contributed by atoms with Gasteiger partial charge >= 0.3 is 0 Å². The Morgan fingerprint density at radius 1 is 1.25 bits per heavy atom. The van der Waals surface area contributed by atoms with Crippen LogP contribution in [-0.4, -0.2) is 9.97 Å². The van der Waals surface area contributed by atoms with E-state index in [1.165, 1.54) is 4.88 Å². The third kappa shape index (κ3) is 2.87. The second-order valence-electron chi connectivity index (χ2n) is 3.67. The Kier molecular flexibility index (Phi) is 3.64. The van der Waals surface area contributed by atoms with Gasteiger partial charge in [-0.25, -0.2) is 4.98 Å². The molecule has 0 aliphatic heterocycles. The second kappa shape index (κ2) is 5.18. The van der Waals surface area contributed by atoms with Gasteiger partial charge in [-0.3, -0.25) is 4.98 Å². The highest BCUT2D eigenvalue weighted by molar-refractivity contribution is 7.11. The van der Waals surface area contributed by atoms with Crippen molar-refractivity contribution in [2.45, 2.75) is 26.9 Å². The number of hydrogen-bond donors (Lipinski definition) is 1. The third-order valence-corrected chi connectivity index (χ3v) is 3.39. The average molecular weight is 233 g/mol. The molecular weight excluding hydrogens is 218 g/mol. The van der Waals surface area contributed by atoms with Crippen molar-refractivity contribution in [2.75, 3.05) is 0 Å². The molecule has 16 heavy (non-hydrogen) atoms. The molecule has 0 atom stereocenters. The van der Waals surface area contributed by atoms with Gasteiger partial charge in [0.15, 0.2) is 0 Å². The fourth-order valence-corrected chi connectivity index (χ4v) is 2.45. The van der Waals surface area contributed by atoms with E-state index >= 15 is 0 Å². The van der Waals surface area contributed by atoms with Crippen LogP contribution >= 0.6 is 11.3 Å². The smallest absolute Gasteiger partial charge is 0.0900 e. The first-order chi connectivity index (χ1) is 7.75. The Hall–Kier alpha value is -1.26. The minimum atomic E-state index is 0.803. The van der Waals surface area contributed by atoms with Crippen LogP contribution in [0, 0.1) is 13.8 Å². The molecule has 0 fully saturated rings. The first-order valence-corrected chi connectivity index (χ1v) is 6.11. The van der Waals surface area contributed by atoms with Crippen LogP contribution in [0.1, 0.15) is 21.3 Å². The number of nitrogens with zero attached hydrogens (tertiary/aromatic N) is 2. The van der Waals surface area contributed by atoms with E-state index in [2.05, 4.69) is 22.2 Å². The van der Waals surface area contributed by atoms with Crippen LogP contribution in [0.3, 0.4) is 0 Å². The second-order valence-corrected chi connectivity index (χ2v) is 4.95. The molecule has 0 saturated heterocycles. The van der Waals surface area contributed by atoms with E-state index in [1.807, 2.05) is 31.3 Å². The van der Waals surface area contributed by atoms with Crippen molar-refractivity contribution in [3.8, 4) is 0 Å². The summed E-state index contributed by atoms with van der Waals surface area (Å²) in [6.45, 7) is 5.77. The molecule has 2 rings (SSSR count). The molecule has 0 bridgehead atoms. The Bertz CT molecular complexity index is 451. The molecule has 0 spiro atoms. The molecular formula is C12H15N3S. The van der Waals surface area contributed by atoms with Crippen molar-refractivity contribution < 1.29 is 0 Å². The zero-order chi connectivity index (χ0) is 11.4. The van der Waals surface area contributed by atoms with Gasteiger partial charge in [-0.1, -0.05) is 6.07 Å². The number of aromatic nitrogens is 2. The van der Waals surface area contributed by atoms with E-state index in [0.717, 1.165) is 29.5 Å². The van der Waals surface area contributed by atoms with E-state index in [4.69, 9.17) is 0 Å². The van der Waals surface area contributed by atoms with Gasteiger partial charge in [0.25, 0.3) is 0 Å². The Morgan fingerprint density at radius 3 is 2.75 bits per heavy atom. The van der Waals surface area contributed by atoms with E-state index in [9.17, 15) is 0 Å². The minimum absolute atomic E-state index is 0.803. The molecule has 0 radical (unpaired) electrons. The van der Waals surface area contributed by atoms with Crippen LogP contribution in [0.25, 0.3) is 0 Å². The molecule has 84 valence electrons. The maximum Gasteiger partial charge on any atom is 0.0900 e. The maximum absolute atomic E-state index is 4.40. The quantitative estimate of drug-likeness (QED) is 0.881. The normalized spacial score (nSPS) is 10.6. The zero-order valence-electron chi connectivity index (χ0n) is 9.53. The Morgan fingerprint density at radius 2 is 2.12 bits per heavy atom. The van der Waals surface area contributed by atoms with E-state index in [-0.39, 0.29) is 0 Å². The predicted octanol–water partition coefficient (Wildman–Crippen LogP) is 2.44. The summed E-state index contributed by atoms with van der Waals surface area (Å²) in [5, 5.41) is 4.51. The van der Waals surface area contributed by atoms with Crippen molar-refractivity contribution in [2.24, 2.45) is 0 Å². The summed E-state index contributed by atoms with van der Waals surface area (Å²) in [5.74, 6) is 0. The first-order valence-electron chi connectivity index (χ1n) is 5.29. The van der Waals surface area contributed by atoms with Crippen LogP contribution in [0.15, 0.2) is 24.4 Å². The Balaban J connectivity index is 1.87. The van der Waals surface area contributed by atoms with Gasteiger partial charge in [0.2, 0.25) is 0 Å². The predicted molar refractivity (Wildman–Crippen MR) is 66.4 cm³/mol. The van der Waals surface area contributed by atoms with Gasteiger partial charge < -0.3 is 5.32 Å². The van der Waals surface area contributed by atoms with Crippen LogP contribution in [0.4, 0.5) is 0 Å². The third-order valence-electron chi connectivity index (χ3n) is 2.32. The lowest BCUT2D eigenvalue weighted by Crippen LogP contribution is -2.13. The molecule has 0 aromatic carbocycles. The SMILES string of the molecule is Cc1nc(C)c(CNCc2ccccn2)s1. The molecule has 0 saturated carbocycles. The summed E-state index contributed by atoms with van der Waals surface area (Å²) in [6.07, 6.45) is 1.82. The number of nitrogens with one attached hydrogen (secondary N) is 1. The van der Waals surface area contributed by atoms with Crippen LogP contribution in [-0.2, 0) is 13.1 Å². The van der Waals surface area contributed by atoms with Crippen molar-refractivity contribution in [1.29, 1.82) is 0 Å². The lowest BCUT2D eigenvalue weighted by Gasteiger charge is -2.02. The highest BCUT2D eigenvalue weighted by atomic mass is 32.1. The summed E-state index contributed by atoms with van der Waals surface area (Å²) in [6, 6.07) is 5.96. The molecule has 2 aromatic heterocycles. The average Bonchev–Trinajstić information content (AvgIpc) is 2.59. The van der Waals surface area contributed by atoms with Crippen LogP contribution in [0.5, 0.6) is 0 Å². The maximum atomic E-state index is 4.40. The van der Waals surface area contributed by atoms with Crippen LogP contribution < -0.4 is 5.32 Å². The fraction of sp³-hybridized carbons (Fsp3) is 0.333. The van der Waals surface area contributed by atoms with E-state index in [1.54, 1.807) is 11.3 Å². The fourth-order valence-electron chi connectivity index (χ4n) is 1.54. The van der Waals surface area contributed by atoms with Gasteiger partial charge in [-0.15, -0.1) is 11.3 Å². The van der Waals surface area contributed by atoms with Gasteiger partial charge in [0.1, 0.15) is 0 Å². The summed E-state index contributed by atoms with van der Waals surface area (Å²) in [7, 11) is 0. The monoisotopic (exact) mass is 233 g/mol. The number of hydrogen-bond acceptors (Lipinski definition) is 4. The summed E-state index contributed by atoms with van der Waals surface area (Å²) < 4.78 is 0. The van der Waals surface area contributed by atoms with Crippen molar-refractivity contribution >= 4 is 11.3 Å². The number of aryl methyl sites for hydroxylation is 2. The molecule has 0 aliphatic rings. The molecule has 0 aliphatic carbocycles. The highest BCUT2D eigenvalue weighted by Crippen LogP contribution is 2.16.